The highest BCUT2D eigenvalue weighted by molar-refractivity contribution is 6.24. The standard InChI is InChI=1S/C15H15N3O2/c1-9-7-15(20)14(8-13(9)17)18(10(2)19)12-5-3-11(16)4-6-12/h3-8,17H,16H2,1-2H3. The van der Waals surface area contributed by atoms with Crippen molar-refractivity contribution in [1.29, 1.82) is 5.41 Å². The number of carbonyl (C=O) groups is 2. The van der Waals surface area contributed by atoms with Crippen LogP contribution in [-0.4, -0.2) is 17.4 Å². The van der Waals surface area contributed by atoms with Gasteiger partial charge in [-0.25, -0.2) is 0 Å². The van der Waals surface area contributed by atoms with Crippen LogP contribution in [0.4, 0.5) is 11.4 Å². The fourth-order valence-corrected chi connectivity index (χ4v) is 1.96. The molecule has 0 fully saturated rings. The van der Waals surface area contributed by atoms with E-state index in [-0.39, 0.29) is 23.1 Å². The predicted octanol–water partition coefficient (Wildman–Crippen LogP) is 2.05. The van der Waals surface area contributed by atoms with E-state index in [1.807, 2.05) is 0 Å². The number of anilines is 2. The lowest BCUT2D eigenvalue weighted by molar-refractivity contribution is -0.118. The lowest BCUT2D eigenvalue weighted by Crippen LogP contribution is -2.33. The Morgan fingerprint density at radius 1 is 1.20 bits per heavy atom. The van der Waals surface area contributed by atoms with Crippen molar-refractivity contribution in [2.24, 2.45) is 0 Å². The highest BCUT2D eigenvalue weighted by Crippen LogP contribution is 2.24. The van der Waals surface area contributed by atoms with Crippen molar-refractivity contribution in [3.63, 3.8) is 0 Å². The molecule has 0 aromatic heterocycles. The van der Waals surface area contributed by atoms with Crippen LogP contribution in [-0.2, 0) is 9.59 Å². The summed E-state index contributed by atoms with van der Waals surface area (Å²) in [4.78, 5) is 25.2. The van der Waals surface area contributed by atoms with Gasteiger partial charge in [0.2, 0.25) is 11.7 Å². The van der Waals surface area contributed by atoms with Crippen molar-refractivity contribution in [2.75, 3.05) is 10.6 Å². The Balaban J connectivity index is 2.48. The molecule has 5 heteroatoms. The molecule has 0 atom stereocenters. The smallest absolute Gasteiger partial charge is 0.228 e. The Bertz CT molecular complexity index is 654. The summed E-state index contributed by atoms with van der Waals surface area (Å²) in [5.41, 5.74) is 7.73. The number of allylic oxidation sites excluding steroid dienone is 3. The second-order valence-corrected chi connectivity index (χ2v) is 4.58. The highest BCUT2D eigenvalue weighted by atomic mass is 16.2. The van der Waals surface area contributed by atoms with Crippen LogP contribution in [0, 0.1) is 5.41 Å². The van der Waals surface area contributed by atoms with Gasteiger partial charge in [0.15, 0.2) is 0 Å². The van der Waals surface area contributed by atoms with Gasteiger partial charge in [0.05, 0.1) is 11.4 Å². The molecular formula is C15H15N3O2. The van der Waals surface area contributed by atoms with Crippen LogP contribution in [0.5, 0.6) is 0 Å². The summed E-state index contributed by atoms with van der Waals surface area (Å²) in [6.07, 6.45) is 2.78. The van der Waals surface area contributed by atoms with Crippen LogP contribution < -0.4 is 10.6 Å². The minimum absolute atomic E-state index is 0.179. The zero-order chi connectivity index (χ0) is 14.9. The second-order valence-electron chi connectivity index (χ2n) is 4.58. The van der Waals surface area contributed by atoms with E-state index in [4.69, 9.17) is 11.1 Å². The van der Waals surface area contributed by atoms with E-state index in [2.05, 4.69) is 0 Å². The SMILES string of the molecule is CC(=O)N(C1=CC(=N)C(C)=CC1=O)c1ccc(N)cc1. The molecule has 0 aliphatic heterocycles. The van der Waals surface area contributed by atoms with Gasteiger partial charge in [-0.1, -0.05) is 0 Å². The van der Waals surface area contributed by atoms with E-state index >= 15 is 0 Å². The molecule has 102 valence electrons. The summed E-state index contributed by atoms with van der Waals surface area (Å²) in [6, 6.07) is 6.65. The van der Waals surface area contributed by atoms with Crippen LogP contribution in [0.25, 0.3) is 0 Å². The molecule has 2 rings (SSSR count). The number of amides is 1. The first-order valence-electron chi connectivity index (χ1n) is 6.09. The molecule has 0 unspecified atom stereocenters. The molecule has 0 saturated heterocycles. The topological polar surface area (TPSA) is 87.2 Å². The van der Waals surface area contributed by atoms with Crippen LogP contribution in [0.1, 0.15) is 13.8 Å². The van der Waals surface area contributed by atoms with Crippen molar-refractivity contribution in [2.45, 2.75) is 13.8 Å². The van der Waals surface area contributed by atoms with E-state index in [0.29, 0.717) is 16.9 Å². The number of hydrogen-bond donors (Lipinski definition) is 2. The molecule has 1 aliphatic carbocycles. The van der Waals surface area contributed by atoms with E-state index in [0.717, 1.165) is 0 Å². The summed E-state index contributed by atoms with van der Waals surface area (Å²) < 4.78 is 0. The van der Waals surface area contributed by atoms with E-state index in [1.54, 1.807) is 31.2 Å². The lowest BCUT2D eigenvalue weighted by Gasteiger charge is -2.25. The summed E-state index contributed by atoms with van der Waals surface area (Å²) in [6.45, 7) is 3.06. The van der Waals surface area contributed by atoms with Crippen LogP contribution in [0.3, 0.4) is 0 Å². The van der Waals surface area contributed by atoms with Crippen LogP contribution in [0.15, 0.2) is 47.7 Å². The number of nitrogens with two attached hydrogens (primary N) is 1. The quantitative estimate of drug-likeness (QED) is 0.636. The van der Waals surface area contributed by atoms with Crippen molar-refractivity contribution < 1.29 is 9.59 Å². The van der Waals surface area contributed by atoms with Gasteiger partial charge < -0.3 is 11.1 Å². The Labute approximate surface area is 116 Å². The molecule has 3 N–H and O–H groups in total. The first-order valence-corrected chi connectivity index (χ1v) is 6.09. The van der Waals surface area contributed by atoms with Gasteiger partial charge in [-0.2, -0.15) is 0 Å². The minimum atomic E-state index is -0.296. The molecule has 5 nitrogen and oxygen atoms in total. The third-order valence-corrected chi connectivity index (χ3v) is 3.01. The predicted molar refractivity (Wildman–Crippen MR) is 78.6 cm³/mol. The zero-order valence-electron chi connectivity index (χ0n) is 11.3. The van der Waals surface area contributed by atoms with Gasteiger partial charge in [0, 0.05) is 18.3 Å². The van der Waals surface area contributed by atoms with Crippen molar-refractivity contribution in [1.82, 2.24) is 0 Å². The Morgan fingerprint density at radius 2 is 1.80 bits per heavy atom. The maximum absolute atomic E-state index is 12.1. The average Bonchev–Trinajstić information content (AvgIpc) is 2.38. The van der Waals surface area contributed by atoms with Crippen LogP contribution >= 0.6 is 0 Å². The molecule has 0 bridgehead atoms. The minimum Gasteiger partial charge on any atom is -0.399 e. The molecule has 1 amide bonds. The summed E-state index contributed by atoms with van der Waals surface area (Å²) in [7, 11) is 0. The van der Waals surface area contributed by atoms with Crippen LogP contribution in [0.2, 0.25) is 0 Å². The molecule has 1 aliphatic rings. The molecule has 0 heterocycles. The van der Waals surface area contributed by atoms with Crippen molar-refractivity contribution in [3.8, 4) is 0 Å². The maximum Gasteiger partial charge on any atom is 0.228 e. The molecule has 0 spiro atoms. The number of ketones is 1. The third kappa shape index (κ3) is 2.51. The van der Waals surface area contributed by atoms with E-state index in [1.165, 1.54) is 24.0 Å². The number of hydrogen-bond acceptors (Lipinski definition) is 4. The van der Waals surface area contributed by atoms with Gasteiger partial charge in [-0.3, -0.25) is 14.5 Å². The second kappa shape index (κ2) is 5.13. The monoisotopic (exact) mass is 269 g/mol. The summed E-state index contributed by atoms with van der Waals surface area (Å²) >= 11 is 0. The first kappa shape index (κ1) is 13.7. The molecule has 1 aromatic carbocycles. The van der Waals surface area contributed by atoms with E-state index in [9.17, 15) is 9.59 Å². The normalized spacial score (nSPS) is 14.7. The average molecular weight is 269 g/mol. The van der Waals surface area contributed by atoms with Gasteiger partial charge in [-0.05, 0) is 48.9 Å². The number of nitrogens with one attached hydrogen (secondary N) is 1. The highest BCUT2D eigenvalue weighted by Gasteiger charge is 2.25. The maximum atomic E-state index is 12.1. The molecule has 20 heavy (non-hydrogen) atoms. The summed E-state index contributed by atoms with van der Waals surface area (Å²) in [5.74, 6) is -0.583. The van der Waals surface area contributed by atoms with E-state index < -0.39 is 0 Å². The lowest BCUT2D eigenvalue weighted by atomic mass is 10.0. The number of rotatable bonds is 2. The Morgan fingerprint density at radius 3 is 2.35 bits per heavy atom. The Hall–Kier alpha value is -2.69. The van der Waals surface area contributed by atoms with Gasteiger partial charge in [0.25, 0.3) is 0 Å². The van der Waals surface area contributed by atoms with Crippen molar-refractivity contribution in [3.05, 3.63) is 47.7 Å². The molecule has 1 aromatic rings. The number of benzene rings is 1. The Kier molecular flexibility index (Phi) is 3.52. The number of carbonyl (C=O) groups excluding carboxylic acids is 2. The third-order valence-electron chi connectivity index (χ3n) is 3.01. The first-order chi connectivity index (χ1) is 9.40. The fourth-order valence-electron chi connectivity index (χ4n) is 1.96. The van der Waals surface area contributed by atoms with Gasteiger partial charge in [-0.15, -0.1) is 0 Å². The molecule has 0 radical (unpaired) electrons. The van der Waals surface area contributed by atoms with Crippen molar-refractivity contribution >= 4 is 28.8 Å². The largest absolute Gasteiger partial charge is 0.399 e. The fraction of sp³-hybridized carbons (Fsp3) is 0.133. The summed E-state index contributed by atoms with van der Waals surface area (Å²) in [5, 5.41) is 7.79. The number of nitrogen functional groups attached to an aromatic ring is 1. The molecule has 0 saturated carbocycles. The number of nitrogens with zero attached hydrogens (tertiary/aromatic N) is 1. The van der Waals surface area contributed by atoms with Gasteiger partial charge in [0.1, 0.15) is 0 Å². The zero-order valence-corrected chi connectivity index (χ0v) is 11.3. The molecular weight excluding hydrogens is 254 g/mol. The van der Waals surface area contributed by atoms with Gasteiger partial charge >= 0.3 is 0 Å².